The molecule has 8 heteroatoms. The number of nitrogens with zero attached hydrogens (tertiary/aromatic N) is 2. The molecule has 1 N–H and O–H groups in total. The largest absolute Gasteiger partial charge is 0.444 e. The predicted octanol–water partition coefficient (Wildman–Crippen LogP) is 2.86. The van der Waals surface area contributed by atoms with Gasteiger partial charge in [0.05, 0.1) is 0 Å². The van der Waals surface area contributed by atoms with Crippen LogP contribution in [0.25, 0.3) is 0 Å². The predicted molar refractivity (Wildman–Crippen MR) is 112 cm³/mol. The van der Waals surface area contributed by atoms with Crippen molar-refractivity contribution in [2.45, 2.75) is 45.6 Å². The summed E-state index contributed by atoms with van der Waals surface area (Å²) in [5.41, 5.74) is 0.473. The first-order valence-corrected chi connectivity index (χ1v) is 10.3. The van der Waals surface area contributed by atoms with Gasteiger partial charge in [-0.1, -0.05) is 23.7 Å². The number of hydrogen-bond acceptors (Lipinski definition) is 4. The number of halogens is 1. The Morgan fingerprint density at radius 1 is 1.03 bits per heavy atom. The maximum absolute atomic E-state index is 12.4. The van der Waals surface area contributed by atoms with E-state index in [2.05, 4.69) is 5.32 Å². The van der Waals surface area contributed by atoms with E-state index in [0.717, 1.165) is 5.56 Å². The van der Waals surface area contributed by atoms with Crippen molar-refractivity contribution in [1.29, 1.82) is 0 Å². The van der Waals surface area contributed by atoms with E-state index in [1.165, 1.54) is 0 Å². The molecule has 1 aromatic rings. The molecule has 0 atom stereocenters. The summed E-state index contributed by atoms with van der Waals surface area (Å²) in [6, 6.07) is 7.52. The van der Waals surface area contributed by atoms with Gasteiger partial charge in [-0.15, -0.1) is 0 Å². The Balaban J connectivity index is 1.66. The van der Waals surface area contributed by atoms with Gasteiger partial charge in [-0.2, -0.15) is 0 Å². The number of nitrogens with one attached hydrogen (secondary N) is 1. The van der Waals surface area contributed by atoms with Gasteiger partial charge in [0.1, 0.15) is 5.60 Å². The average Bonchev–Trinajstić information content (AvgIpc) is 2.65. The fraction of sp³-hybridized carbons (Fsp3) is 0.571. The van der Waals surface area contributed by atoms with E-state index in [1.807, 2.05) is 24.3 Å². The van der Waals surface area contributed by atoms with Crippen molar-refractivity contribution < 1.29 is 19.1 Å². The van der Waals surface area contributed by atoms with E-state index < -0.39 is 11.7 Å². The van der Waals surface area contributed by atoms with Crippen LogP contribution in [0.15, 0.2) is 24.3 Å². The number of amides is 3. The zero-order valence-electron chi connectivity index (χ0n) is 17.4. The van der Waals surface area contributed by atoms with E-state index in [-0.39, 0.29) is 24.8 Å². The van der Waals surface area contributed by atoms with Crippen molar-refractivity contribution in [3.63, 3.8) is 0 Å². The molecule has 0 radical (unpaired) electrons. The van der Waals surface area contributed by atoms with Gasteiger partial charge < -0.3 is 19.9 Å². The highest BCUT2D eigenvalue weighted by molar-refractivity contribution is 6.30. The lowest BCUT2D eigenvalue weighted by atomic mass is 10.1. The molecular formula is C21H30ClN3O4. The number of ether oxygens (including phenoxy) is 1. The Morgan fingerprint density at radius 3 is 2.17 bits per heavy atom. The van der Waals surface area contributed by atoms with Crippen LogP contribution in [-0.4, -0.2) is 66.0 Å². The molecule has 1 aromatic carbocycles. The van der Waals surface area contributed by atoms with Crippen molar-refractivity contribution in [2.75, 3.05) is 32.7 Å². The lowest BCUT2D eigenvalue weighted by molar-refractivity contribution is -0.139. The molecule has 0 spiro atoms. The van der Waals surface area contributed by atoms with Crippen molar-refractivity contribution in [3.05, 3.63) is 34.9 Å². The molecule has 1 heterocycles. The lowest BCUT2D eigenvalue weighted by Gasteiger charge is -2.35. The topological polar surface area (TPSA) is 79.0 Å². The quantitative estimate of drug-likeness (QED) is 0.763. The fourth-order valence-corrected chi connectivity index (χ4v) is 3.26. The van der Waals surface area contributed by atoms with Crippen molar-refractivity contribution in [2.24, 2.45) is 0 Å². The minimum absolute atomic E-state index is 0.0351. The molecule has 2 rings (SSSR count). The standard InChI is InChI=1S/C21H30ClN3O4/c1-21(2,3)29-20(28)23-10-9-19(27)25-13-11-24(12-14-25)18(26)8-7-16-5-4-6-17(22)15-16/h4-6,15H,7-14H2,1-3H3,(H,23,28). The van der Waals surface area contributed by atoms with Crippen LogP contribution >= 0.6 is 11.6 Å². The van der Waals surface area contributed by atoms with Gasteiger partial charge in [0.25, 0.3) is 0 Å². The second-order valence-corrected chi connectivity index (χ2v) is 8.51. The first-order chi connectivity index (χ1) is 13.6. The molecule has 1 fully saturated rings. The number of carbonyl (C=O) groups excluding carboxylic acids is 3. The Labute approximate surface area is 177 Å². The van der Waals surface area contributed by atoms with Crippen LogP contribution < -0.4 is 5.32 Å². The van der Waals surface area contributed by atoms with Gasteiger partial charge >= 0.3 is 6.09 Å². The van der Waals surface area contributed by atoms with Crippen molar-refractivity contribution in [3.8, 4) is 0 Å². The Bertz CT molecular complexity index is 725. The smallest absolute Gasteiger partial charge is 0.407 e. The molecule has 1 saturated heterocycles. The molecule has 1 aliphatic rings. The normalized spacial score (nSPS) is 14.5. The summed E-state index contributed by atoms with van der Waals surface area (Å²) < 4.78 is 5.14. The van der Waals surface area contributed by atoms with Gasteiger partial charge in [-0.25, -0.2) is 4.79 Å². The molecule has 0 saturated carbocycles. The second-order valence-electron chi connectivity index (χ2n) is 8.07. The van der Waals surface area contributed by atoms with E-state index in [1.54, 1.807) is 30.6 Å². The zero-order chi connectivity index (χ0) is 21.4. The molecule has 1 aliphatic heterocycles. The molecule has 0 unspecified atom stereocenters. The van der Waals surface area contributed by atoms with Crippen molar-refractivity contribution in [1.82, 2.24) is 15.1 Å². The van der Waals surface area contributed by atoms with Crippen LogP contribution in [0.4, 0.5) is 4.79 Å². The summed E-state index contributed by atoms with van der Waals surface area (Å²) in [6.07, 6.45) is 0.755. The molecule has 29 heavy (non-hydrogen) atoms. The van der Waals surface area contributed by atoms with Gasteiger partial charge in [-0.3, -0.25) is 9.59 Å². The highest BCUT2D eigenvalue weighted by Gasteiger charge is 2.24. The fourth-order valence-electron chi connectivity index (χ4n) is 3.05. The Morgan fingerprint density at radius 2 is 1.62 bits per heavy atom. The molecule has 3 amide bonds. The number of hydrogen-bond donors (Lipinski definition) is 1. The van der Waals surface area contributed by atoms with E-state index >= 15 is 0 Å². The third kappa shape index (κ3) is 8.31. The lowest BCUT2D eigenvalue weighted by Crippen LogP contribution is -2.51. The molecular weight excluding hydrogens is 394 g/mol. The zero-order valence-corrected chi connectivity index (χ0v) is 18.1. The van der Waals surface area contributed by atoms with Crippen LogP contribution in [0.5, 0.6) is 0 Å². The van der Waals surface area contributed by atoms with E-state index in [4.69, 9.17) is 16.3 Å². The first kappa shape index (κ1) is 23.0. The van der Waals surface area contributed by atoms with Crippen molar-refractivity contribution >= 4 is 29.5 Å². The highest BCUT2D eigenvalue weighted by Crippen LogP contribution is 2.13. The molecule has 7 nitrogen and oxygen atoms in total. The van der Waals surface area contributed by atoms with Gasteiger partial charge in [-0.05, 0) is 44.9 Å². The van der Waals surface area contributed by atoms with Crippen LogP contribution in [0, 0.1) is 0 Å². The second kappa shape index (κ2) is 10.5. The van der Waals surface area contributed by atoms with Crippen LogP contribution in [0.2, 0.25) is 5.02 Å². The van der Waals surface area contributed by atoms with Gasteiger partial charge in [0, 0.05) is 50.6 Å². The molecule has 0 aliphatic carbocycles. The number of alkyl carbamates (subject to hydrolysis) is 1. The van der Waals surface area contributed by atoms with E-state index in [9.17, 15) is 14.4 Å². The number of benzene rings is 1. The minimum atomic E-state index is -0.566. The maximum atomic E-state index is 12.4. The third-order valence-electron chi connectivity index (χ3n) is 4.51. The monoisotopic (exact) mass is 423 g/mol. The molecule has 0 aromatic heterocycles. The minimum Gasteiger partial charge on any atom is -0.444 e. The SMILES string of the molecule is CC(C)(C)OC(=O)NCCC(=O)N1CCN(C(=O)CCc2cccc(Cl)c2)CC1. The number of aryl methyl sites for hydroxylation is 1. The van der Waals surface area contributed by atoms with Crippen LogP contribution in [0.3, 0.4) is 0 Å². The number of carbonyl (C=O) groups is 3. The van der Waals surface area contributed by atoms with Gasteiger partial charge in [0.15, 0.2) is 0 Å². The molecule has 0 bridgehead atoms. The number of rotatable bonds is 6. The summed E-state index contributed by atoms with van der Waals surface area (Å²) in [4.78, 5) is 39.9. The Kier molecular flexibility index (Phi) is 8.32. The average molecular weight is 424 g/mol. The van der Waals surface area contributed by atoms with Crippen LogP contribution in [0.1, 0.15) is 39.2 Å². The summed E-state index contributed by atoms with van der Waals surface area (Å²) >= 11 is 5.97. The summed E-state index contributed by atoms with van der Waals surface area (Å²) in [5, 5.41) is 3.26. The Hall–Kier alpha value is -2.28. The number of piperazine rings is 1. The molecule has 160 valence electrons. The van der Waals surface area contributed by atoms with Crippen LogP contribution in [-0.2, 0) is 20.7 Å². The summed E-state index contributed by atoms with van der Waals surface area (Å²) in [6.45, 7) is 7.66. The first-order valence-electron chi connectivity index (χ1n) is 9.91. The highest BCUT2D eigenvalue weighted by atomic mass is 35.5. The van der Waals surface area contributed by atoms with Gasteiger partial charge in [0.2, 0.25) is 11.8 Å². The third-order valence-corrected chi connectivity index (χ3v) is 4.74. The summed E-state index contributed by atoms with van der Waals surface area (Å²) in [7, 11) is 0. The van der Waals surface area contributed by atoms with E-state index in [0.29, 0.717) is 44.0 Å². The summed E-state index contributed by atoms with van der Waals surface area (Å²) in [5.74, 6) is 0.0516. The maximum Gasteiger partial charge on any atom is 0.407 e.